The van der Waals surface area contributed by atoms with E-state index in [0.29, 0.717) is 31.1 Å². The zero-order valence-corrected chi connectivity index (χ0v) is 19.4. The number of anilines is 1. The number of pyridine rings is 1. The minimum atomic E-state index is -0.495. The number of nitrogens with one attached hydrogen (secondary N) is 1. The van der Waals surface area contributed by atoms with Crippen LogP contribution in [-0.2, 0) is 33.9 Å². The predicted molar refractivity (Wildman–Crippen MR) is 130 cm³/mol. The average Bonchev–Trinajstić information content (AvgIpc) is 3.21. The number of fused-ring (bicyclic) bond motifs is 3. The van der Waals surface area contributed by atoms with Crippen molar-refractivity contribution in [1.29, 1.82) is 0 Å². The summed E-state index contributed by atoms with van der Waals surface area (Å²) < 4.78 is 7.54. The van der Waals surface area contributed by atoms with E-state index >= 15 is 0 Å². The summed E-state index contributed by atoms with van der Waals surface area (Å²) in [6.07, 6.45) is 1.59. The Morgan fingerprint density at radius 3 is 2.82 bits per heavy atom. The number of rotatable bonds is 11. The molecule has 4 rings (SSSR count). The molecule has 0 aliphatic heterocycles. The fourth-order valence-corrected chi connectivity index (χ4v) is 3.94. The van der Waals surface area contributed by atoms with Gasteiger partial charge < -0.3 is 20.4 Å². The van der Waals surface area contributed by atoms with Gasteiger partial charge in [0.05, 0.1) is 17.6 Å². The largest absolute Gasteiger partial charge is 0.384 e. The van der Waals surface area contributed by atoms with Crippen LogP contribution in [0.25, 0.3) is 21.9 Å². The molecule has 0 unspecified atom stereocenters. The summed E-state index contributed by atoms with van der Waals surface area (Å²) >= 11 is 0. The Labute approximate surface area is 197 Å². The standard InChI is InChI=1S/C25H29N5O4/c1-17(31)33-34-19-8-5-7-18(15-19)16-27-12-6-13-30-22(11-14-32-2)29-23-24(30)20-9-3-4-10-21(20)28-25(23)26/h3-5,7-10,15,27H,6,11-14,16H2,1-2H3,(H2,26,28). The second-order valence-electron chi connectivity index (χ2n) is 7.97. The van der Waals surface area contributed by atoms with Gasteiger partial charge in [0.2, 0.25) is 0 Å². The molecule has 0 atom stereocenters. The lowest BCUT2D eigenvalue weighted by Gasteiger charge is -2.12. The van der Waals surface area contributed by atoms with Gasteiger partial charge in [0.1, 0.15) is 11.3 Å². The molecule has 0 spiro atoms. The zero-order chi connectivity index (χ0) is 23.9. The molecule has 0 radical (unpaired) electrons. The molecule has 2 aromatic carbocycles. The third-order valence-corrected chi connectivity index (χ3v) is 5.44. The third-order valence-electron chi connectivity index (χ3n) is 5.44. The second kappa shape index (κ2) is 11.0. The quantitative estimate of drug-likeness (QED) is 0.198. The van der Waals surface area contributed by atoms with Crippen LogP contribution in [0.4, 0.5) is 5.82 Å². The molecule has 0 amide bonds. The van der Waals surface area contributed by atoms with Crippen LogP contribution in [0.1, 0.15) is 24.7 Å². The van der Waals surface area contributed by atoms with Gasteiger partial charge in [-0.2, -0.15) is 0 Å². The van der Waals surface area contributed by atoms with Crippen LogP contribution in [-0.4, -0.2) is 40.8 Å². The minimum absolute atomic E-state index is 0.445. The predicted octanol–water partition coefficient (Wildman–Crippen LogP) is 3.39. The summed E-state index contributed by atoms with van der Waals surface area (Å²) in [6.45, 7) is 4.13. The lowest BCUT2D eigenvalue weighted by molar-refractivity contribution is -0.210. The average molecular weight is 464 g/mol. The molecule has 0 fully saturated rings. The summed E-state index contributed by atoms with van der Waals surface area (Å²) in [6, 6.07) is 15.4. The first-order valence-corrected chi connectivity index (χ1v) is 11.2. The molecular formula is C25H29N5O4. The van der Waals surface area contributed by atoms with E-state index in [1.807, 2.05) is 36.4 Å². The van der Waals surface area contributed by atoms with Crippen molar-refractivity contribution < 1.29 is 19.3 Å². The van der Waals surface area contributed by atoms with Gasteiger partial charge in [-0.15, -0.1) is 0 Å². The summed E-state index contributed by atoms with van der Waals surface area (Å²) in [5, 5.41) is 4.50. The van der Waals surface area contributed by atoms with Gasteiger partial charge in [-0.1, -0.05) is 30.3 Å². The van der Waals surface area contributed by atoms with E-state index in [-0.39, 0.29) is 0 Å². The van der Waals surface area contributed by atoms with Crippen molar-refractivity contribution in [1.82, 2.24) is 19.9 Å². The number of aryl methyl sites for hydroxylation is 1. The van der Waals surface area contributed by atoms with Crippen LogP contribution in [0.3, 0.4) is 0 Å². The monoisotopic (exact) mass is 463 g/mol. The van der Waals surface area contributed by atoms with Crippen molar-refractivity contribution in [3.8, 4) is 5.75 Å². The van der Waals surface area contributed by atoms with E-state index in [2.05, 4.69) is 25.8 Å². The van der Waals surface area contributed by atoms with Gasteiger partial charge in [0, 0.05) is 38.9 Å². The maximum absolute atomic E-state index is 10.9. The molecule has 9 heteroatoms. The molecule has 0 aliphatic carbocycles. The Morgan fingerprint density at radius 1 is 1.15 bits per heavy atom. The maximum Gasteiger partial charge on any atom is 0.352 e. The van der Waals surface area contributed by atoms with E-state index in [0.717, 1.165) is 52.8 Å². The lowest BCUT2D eigenvalue weighted by atomic mass is 10.2. The topological polar surface area (TPSA) is 114 Å². The molecule has 0 saturated heterocycles. The number of nitrogens with zero attached hydrogens (tertiary/aromatic N) is 3. The van der Waals surface area contributed by atoms with Crippen LogP contribution in [0.15, 0.2) is 48.5 Å². The number of benzene rings is 2. The molecule has 0 aliphatic rings. The number of aromatic nitrogens is 3. The molecule has 4 aromatic rings. The zero-order valence-electron chi connectivity index (χ0n) is 19.4. The van der Waals surface area contributed by atoms with E-state index < -0.39 is 5.97 Å². The van der Waals surface area contributed by atoms with Crippen molar-refractivity contribution in [3.63, 3.8) is 0 Å². The number of nitrogens with two attached hydrogens (primary N) is 1. The molecule has 0 saturated carbocycles. The van der Waals surface area contributed by atoms with Crippen LogP contribution in [0, 0.1) is 0 Å². The number of carbonyl (C=O) groups is 1. The molecule has 0 bridgehead atoms. The first-order chi connectivity index (χ1) is 16.6. The van der Waals surface area contributed by atoms with E-state index in [4.69, 9.17) is 20.3 Å². The highest BCUT2D eigenvalue weighted by molar-refractivity contribution is 6.06. The van der Waals surface area contributed by atoms with Gasteiger partial charge >= 0.3 is 5.97 Å². The summed E-state index contributed by atoms with van der Waals surface area (Å²) in [4.78, 5) is 29.9. The Kier molecular flexibility index (Phi) is 7.56. The van der Waals surface area contributed by atoms with E-state index in [9.17, 15) is 4.79 Å². The van der Waals surface area contributed by atoms with Crippen LogP contribution in [0.5, 0.6) is 5.75 Å². The second-order valence-corrected chi connectivity index (χ2v) is 7.97. The van der Waals surface area contributed by atoms with Crippen molar-refractivity contribution in [3.05, 3.63) is 59.9 Å². The fraction of sp³-hybridized carbons (Fsp3) is 0.320. The maximum atomic E-state index is 10.9. The Balaban J connectivity index is 1.45. The Morgan fingerprint density at radius 2 is 2.00 bits per heavy atom. The van der Waals surface area contributed by atoms with Crippen molar-refractivity contribution in [2.24, 2.45) is 0 Å². The SMILES string of the molecule is COCCc1nc2c(N)nc3ccccc3c2n1CCCNCc1cccc(OOC(C)=O)c1. The smallest absolute Gasteiger partial charge is 0.352 e. The highest BCUT2D eigenvalue weighted by atomic mass is 17.2. The molecule has 3 N–H and O–H groups in total. The Hall–Kier alpha value is -3.69. The number of nitrogen functional groups attached to an aromatic ring is 1. The molecule has 34 heavy (non-hydrogen) atoms. The lowest BCUT2D eigenvalue weighted by Crippen LogP contribution is -2.17. The third kappa shape index (κ3) is 5.44. The highest BCUT2D eigenvalue weighted by Crippen LogP contribution is 2.29. The van der Waals surface area contributed by atoms with E-state index in [1.165, 1.54) is 6.92 Å². The van der Waals surface area contributed by atoms with Gasteiger partial charge in [-0.25, -0.2) is 14.8 Å². The summed E-state index contributed by atoms with van der Waals surface area (Å²) in [5.74, 6) is 1.38. The number of para-hydroxylation sites is 1. The number of hydrogen-bond acceptors (Lipinski definition) is 8. The number of ether oxygens (including phenoxy) is 1. The molecule has 2 heterocycles. The first kappa shape index (κ1) is 23.5. The summed E-state index contributed by atoms with van der Waals surface area (Å²) in [5.41, 5.74) is 9.91. The highest BCUT2D eigenvalue weighted by Gasteiger charge is 2.17. The molecule has 2 aromatic heterocycles. The minimum Gasteiger partial charge on any atom is -0.384 e. The number of carbonyl (C=O) groups excluding carboxylic acids is 1. The van der Waals surface area contributed by atoms with Crippen molar-refractivity contribution in [2.45, 2.75) is 32.9 Å². The number of methoxy groups -OCH3 is 1. The summed E-state index contributed by atoms with van der Waals surface area (Å²) in [7, 11) is 1.69. The van der Waals surface area contributed by atoms with Crippen molar-refractivity contribution >= 4 is 33.7 Å². The Bertz CT molecular complexity index is 1290. The number of hydrogen-bond donors (Lipinski definition) is 2. The van der Waals surface area contributed by atoms with Crippen LogP contribution >= 0.6 is 0 Å². The van der Waals surface area contributed by atoms with Crippen LogP contribution < -0.4 is 15.9 Å². The van der Waals surface area contributed by atoms with E-state index in [1.54, 1.807) is 13.2 Å². The fourth-order valence-electron chi connectivity index (χ4n) is 3.94. The van der Waals surface area contributed by atoms with Gasteiger partial charge in [-0.05, 0) is 36.7 Å². The number of imidazole rings is 1. The molecule has 9 nitrogen and oxygen atoms in total. The van der Waals surface area contributed by atoms with Gasteiger partial charge in [-0.3, -0.25) is 9.78 Å². The normalized spacial score (nSPS) is 11.2. The van der Waals surface area contributed by atoms with Gasteiger partial charge in [0.15, 0.2) is 11.6 Å². The first-order valence-electron chi connectivity index (χ1n) is 11.2. The van der Waals surface area contributed by atoms with Gasteiger partial charge in [0.25, 0.3) is 0 Å². The molecular weight excluding hydrogens is 434 g/mol. The molecule has 178 valence electrons. The van der Waals surface area contributed by atoms with Crippen molar-refractivity contribution in [2.75, 3.05) is 26.0 Å². The van der Waals surface area contributed by atoms with Crippen LogP contribution in [0.2, 0.25) is 0 Å².